The van der Waals surface area contributed by atoms with E-state index in [4.69, 9.17) is 0 Å². The van der Waals surface area contributed by atoms with Crippen LogP contribution in [0.25, 0.3) is 0 Å². The minimum Gasteiger partial charge on any atom is -0.508 e. The minimum absolute atomic E-state index is 0.0339. The summed E-state index contributed by atoms with van der Waals surface area (Å²) in [5, 5.41) is 23.5. The van der Waals surface area contributed by atoms with E-state index in [-0.39, 0.29) is 12.2 Å². The third-order valence-electron chi connectivity index (χ3n) is 2.79. The second-order valence-corrected chi connectivity index (χ2v) is 5.53. The van der Waals surface area contributed by atoms with E-state index in [2.05, 4.69) is 10.3 Å². The van der Waals surface area contributed by atoms with E-state index in [1.165, 1.54) is 35.6 Å². The van der Waals surface area contributed by atoms with Crippen LogP contribution >= 0.6 is 11.3 Å². The standard InChI is InChI=1S/C14H14N2O4S/c1-8-15-10(7-21-8)6-12(18)16-13(14(19)20)9-2-4-11(17)5-3-9/h2-5,7,13,17H,6H2,1H3,(H,16,18)(H,19,20). The molecule has 1 amide bonds. The fourth-order valence-electron chi connectivity index (χ4n) is 1.82. The van der Waals surface area contributed by atoms with Gasteiger partial charge in [0.1, 0.15) is 5.75 Å². The van der Waals surface area contributed by atoms with Crippen molar-refractivity contribution in [2.45, 2.75) is 19.4 Å². The number of phenols is 1. The molecule has 1 unspecified atom stereocenters. The lowest BCUT2D eigenvalue weighted by Gasteiger charge is -2.14. The number of nitrogens with zero attached hydrogens (tertiary/aromatic N) is 1. The third kappa shape index (κ3) is 4.03. The van der Waals surface area contributed by atoms with Gasteiger partial charge in [0.15, 0.2) is 6.04 Å². The number of carboxylic acid groups (broad SMARTS) is 1. The number of rotatable bonds is 5. The van der Waals surface area contributed by atoms with Gasteiger partial charge in [0.25, 0.3) is 0 Å². The molecule has 7 heteroatoms. The van der Waals surface area contributed by atoms with Crippen molar-refractivity contribution in [3.8, 4) is 5.75 Å². The number of aromatic nitrogens is 1. The molecular weight excluding hydrogens is 292 g/mol. The van der Waals surface area contributed by atoms with E-state index < -0.39 is 17.9 Å². The molecule has 6 nitrogen and oxygen atoms in total. The summed E-state index contributed by atoms with van der Waals surface area (Å²) < 4.78 is 0. The molecule has 0 saturated heterocycles. The van der Waals surface area contributed by atoms with Crippen LogP contribution in [0.5, 0.6) is 5.75 Å². The van der Waals surface area contributed by atoms with Crippen LogP contribution in [0, 0.1) is 6.92 Å². The normalized spacial score (nSPS) is 11.9. The number of nitrogens with one attached hydrogen (secondary N) is 1. The first-order valence-corrected chi connectivity index (χ1v) is 7.06. The highest BCUT2D eigenvalue weighted by molar-refractivity contribution is 7.09. The van der Waals surface area contributed by atoms with Gasteiger partial charge in [0.05, 0.1) is 17.1 Å². The number of hydrogen-bond acceptors (Lipinski definition) is 5. The van der Waals surface area contributed by atoms with Crippen LogP contribution in [0.1, 0.15) is 22.3 Å². The molecule has 2 rings (SSSR count). The molecule has 110 valence electrons. The molecular formula is C14H14N2O4S. The van der Waals surface area contributed by atoms with Gasteiger partial charge in [-0.05, 0) is 24.6 Å². The molecule has 1 aromatic carbocycles. The SMILES string of the molecule is Cc1nc(CC(=O)NC(C(=O)O)c2ccc(O)cc2)cs1. The summed E-state index contributed by atoms with van der Waals surface area (Å²) in [5.74, 6) is -1.54. The van der Waals surface area contributed by atoms with E-state index >= 15 is 0 Å². The lowest BCUT2D eigenvalue weighted by Crippen LogP contribution is -2.34. The number of thiazole rings is 1. The van der Waals surface area contributed by atoms with Crippen LogP contribution in [-0.2, 0) is 16.0 Å². The first kappa shape index (κ1) is 15.0. The number of aryl methyl sites for hydroxylation is 1. The molecule has 0 fully saturated rings. The Morgan fingerprint density at radius 3 is 2.52 bits per heavy atom. The number of phenolic OH excluding ortho intramolecular Hbond substituents is 1. The zero-order valence-corrected chi connectivity index (χ0v) is 12.1. The van der Waals surface area contributed by atoms with Gasteiger partial charge in [-0.25, -0.2) is 9.78 Å². The molecule has 0 saturated carbocycles. The molecule has 0 bridgehead atoms. The Morgan fingerprint density at radius 1 is 1.33 bits per heavy atom. The smallest absolute Gasteiger partial charge is 0.330 e. The van der Waals surface area contributed by atoms with Crippen molar-refractivity contribution in [3.63, 3.8) is 0 Å². The molecule has 1 aromatic heterocycles. The van der Waals surface area contributed by atoms with Crippen LogP contribution < -0.4 is 5.32 Å². The van der Waals surface area contributed by atoms with Crippen molar-refractivity contribution >= 4 is 23.2 Å². The summed E-state index contributed by atoms with van der Waals surface area (Å²) in [7, 11) is 0. The topological polar surface area (TPSA) is 99.5 Å². The average Bonchev–Trinajstić information content (AvgIpc) is 2.82. The Morgan fingerprint density at radius 2 is 2.00 bits per heavy atom. The Balaban J connectivity index is 2.07. The number of aliphatic carboxylic acids is 1. The van der Waals surface area contributed by atoms with E-state index in [1.54, 1.807) is 5.38 Å². The van der Waals surface area contributed by atoms with Gasteiger partial charge in [-0.3, -0.25) is 4.79 Å². The van der Waals surface area contributed by atoms with E-state index in [0.29, 0.717) is 11.3 Å². The van der Waals surface area contributed by atoms with Crippen molar-refractivity contribution in [2.75, 3.05) is 0 Å². The van der Waals surface area contributed by atoms with Gasteiger partial charge in [-0.2, -0.15) is 0 Å². The predicted molar refractivity (Wildman–Crippen MR) is 77.2 cm³/mol. The van der Waals surface area contributed by atoms with Crippen LogP contribution in [0.2, 0.25) is 0 Å². The summed E-state index contributed by atoms with van der Waals surface area (Å²) in [6, 6.07) is 4.52. The highest BCUT2D eigenvalue weighted by Gasteiger charge is 2.22. The number of carbonyl (C=O) groups excluding carboxylic acids is 1. The molecule has 0 aliphatic carbocycles. The highest BCUT2D eigenvalue weighted by Crippen LogP contribution is 2.17. The maximum atomic E-state index is 11.9. The molecule has 3 N–H and O–H groups in total. The fraction of sp³-hybridized carbons (Fsp3) is 0.214. The van der Waals surface area contributed by atoms with Crippen molar-refractivity contribution < 1.29 is 19.8 Å². The monoisotopic (exact) mass is 306 g/mol. The predicted octanol–water partition coefficient (Wildman–Crippen LogP) is 1.64. The van der Waals surface area contributed by atoms with Crippen molar-refractivity contribution in [2.24, 2.45) is 0 Å². The molecule has 1 heterocycles. The fourth-order valence-corrected chi connectivity index (χ4v) is 2.43. The number of hydrogen-bond donors (Lipinski definition) is 3. The van der Waals surface area contributed by atoms with Gasteiger partial charge in [0.2, 0.25) is 5.91 Å². The van der Waals surface area contributed by atoms with Crippen LogP contribution in [0.3, 0.4) is 0 Å². The summed E-state index contributed by atoms with van der Waals surface area (Å²) in [4.78, 5) is 27.4. The quantitative estimate of drug-likeness (QED) is 0.780. The zero-order chi connectivity index (χ0) is 15.4. The summed E-state index contributed by atoms with van der Waals surface area (Å²) in [5.41, 5.74) is 1.01. The number of benzene rings is 1. The van der Waals surface area contributed by atoms with E-state index in [0.717, 1.165) is 5.01 Å². The van der Waals surface area contributed by atoms with Crippen molar-refractivity contribution in [3.05, 3.63) is 45.9 Å². The third-order valence-corrected chi connectivity index (χ3v) is 3.61. The molecule has 21 heavy (non-hydrogen) atoms. The van der Waals surface area contributed by atoms with Gasteiger partial charge in [0, 0.05) is 5.38 Å². The van der Waals surface area contributed by atoms with Gasteiger partial charge >= 0.3 is 5.97 Å². The van der Waals surface area contributed by atoms with Gasteiger partial charge in [-0.15, -0.1) is 11.3 Å². The first-order chi connectivity index (χ1) is 9.95. The van der Waals surface area contributed by atoms with Crippen molar-refractivity contribution in [1.29, 1.82) is 0 Å². The lowest BCUT2D eigenvalue weighted by molar-refractivity contribution is -0.142. The Kier molecular flexibility index (Phi) is 4.54. The molecule has 0 aliphatic heterocycles. The summed E-state index contributed by atoms with van der Waals surface area (Å²) in [6.07, 6.45) is 0.0339. The van der Waals surface area contributed by atoms with Crippen molar-refractivity contribution in [1.82, 2.24) is 10.3 Å². The second-order valence-electron chi connectivity index (χ2n) is 4.46. The average molecular weight is 306 g/mol. The largest absolute Gasteiger partial charge is 0.508 e. The second kappa shape index (κ2) is 6.36. The minimum atomic E-state index is -1.16. The summed E-state index contributed by atoms with van der Waals surface area (Å²) in [6.45, 7) is 1.84. The van der Waals surface area contributed by atoms with Gasteiger partial charge < -0.3 is 15.5 Å². The van der Waals surface area contributed by atoms with E-state index in [9.17, 15) is 19.8 Å². The zero-order valence-electron chi connectivity index (χ0n) is 11.2. The molecule has 2 aromatic rings. The number of carbonyl (C=O) groups is 2. The van der Waals surface area contributed by atoms with Crippen LogP contribution in [0.15, 0.2) is 29.6 Å². The maximum absolute atomic E-state index is 11.9. The number of amides is 1. The molecule has 1 atom stereocenters. The van der Waals surface area contributed by atoms with Crippen LogP contribution in [-0.4, -0.2) is 27.1 Å². The number of aromatic hydroxyl groups is 1. The molecule has 0 spiro atoms. The lowest BCUT2D eigenvalue weighted by atomic mass is 10.1. The number of carboxylic acids is 1. The Hall–Kier alpha value is -2.41. The van der Waals surface area contributed by atoms with Gasteiger partial charge in [-0.1, -0.05) is 12.1 Å². The Bertz CT molecular complexity index is 651. The highest BCUT2D eigenvalue weighted by atomic mass is 32.1. The summed E-state index contributed by atoms with van der Waals surface area (Å²) >= 11 is 1.43. The first-order valence-electron chi connectivity index (χ1n) is 6.18. The Labute approximate surface area is 125 Å². The maximum Gasteiger partial charge on any atom is 0.330 e. The van der Waals surface area contributed by atoms with Crippen LogP contribution in [0.4, 0.5) is 0 Å². The molecule has 0 aliphatic rings. The molecule has 0 radical (unpaired) electrons. The van der Waals surface area contributed by atoms with E-state index in [1.807, 2.05) is 6.92 Å².